The number of rotatable bonds is 6. The second-order valence-corrected chi connectivity index (χ2v) is 13.4. The minimum Gasteiger partial charge on any atom is -0.310 e. The smallest absolute Gasteiger partial charge is 0.0500 e. The Kier molecular flexibility index (Phi) is 6.67. The number of allylic oxidation sites excluding steroid dienone is 12. The van der Waals surface area contributed by atoms with Gasteiger partial charge in [0.15, 0.2) is 0 Å². The lowest BCUT2D eigenvalue weighted by molar-refractivity contribution is 0.551. The molecule has 0 heterocycles. The summed E-state index contributed by atoms with van der Waals surface area (Å²) in [6.45, 7) is 0. The van der Waals surface area contributed by atoms with Gasteiger partial charge < -0.3 is 9.80 Å². The Morgan fingerprint density at radius 2 is 0.880 bits per heavy atom. The van der Waals surface area contributed by atoms with Crippen LogP contribution in [0.1, 0.15) is 0 Å². The maximum Gasteiger partial charge on any atom is 0.0500 e. The Bertz CT molecular complexity index is 2540. The topological polar surface area (TPSA) is 6.48 Å². The summed E-state index contributed by atoms with van der Waals surface area (Å²) in [5.41, 5.74) is 12.5. The van der Waals surface area contributed by atoms with Crippen LogP contribution in [-0.4, -0.2) is 0 Å². The van der Waals surface area contributed by atoms with Gasteiger partial charge in [0.1, 0.15) is 0 Å². The van der Waals surface area contributed by atoms with Gasteiger partial charge in [0.25, 0.3) is 0 Å². The predicted octanol–water partition coefficient (Wildman–Crippen LogP) is 12.3. The Morgan fingerprint density at radius 3 is 1.54 bits per heavy atom. The number of hydrogen-bond acceptors (Lipinski definition) is 2. The quantitative estimate of drug-likeness (QED) is 0.179. The van der Waals surface area contributed by atoms with E-state index in [1.807, 2.05) is 0 Å². The third-order valence-electron chi connectivity index (χ3n) is 10.6. The molecule has 0 N–H and O–H groups in total. The van der Waals surface area contributed by atoms with E-state index in [1.54, 1.807) is 0 Å². The molecular formula is C48H34N2. The van der Waals surface area contributed by atoms with E-state index in [2.05, 4.69) is 204 Å². The number of anilines is 4. The largest absolute Gasteiger partial charge is 0.310 e. The molecule has 0 aromatic heterocycles. The van der Waals surface area contributed by atoms with Crippen LogP contribution in [0.5, 0.6) is 0 Å². The minimum atomic E-state index is 0.204. The SMILES string of the molecule is C1=CC2=C(N(c3ccccc3)c3ccc4ccccc4c3)C=CC3=CC=C4C(N(c5ccccc5)c5ccc6ccccc6c5)=CC=C1C4C32. The molecule has 6 aromatic rings. The van der Waals surface area contributed by atoms with Crippen molar-refractivity contribution in [2.75, 3.05) is 9.80 Å². The summed E-state index contributed by atoms with van der Waals surface area (Å²) in [6, 6.07) is 52.5. The van der Waals surface area contributed by atoms with Gasteiger partial charge in [-0.25, -0.2) is 0 Å². The van der Waals surface area contributed by atoms with Crippen LogP contribution < -0.4 is 9.80 Å². The molecule has 0 bridgehead atoms. The molecule has 2 unspecified atom stereocenters. The van der Waals surface area contributed by atoms with Crippen molar-refractivity contribution in [1.29, 1.82) is 0 Å². The Hall–Kier alpha value is -6.38. The molecule has 2 heteroatoms. The Labute approximate surface area is 292 Å². The average Bonchev–Trinajstić information content (AvgIpc) is 3.19. The molecular weight excluding hydrogens is 605 g/mol. The standard InChI is InChI=1S/C48H34N2/c1-3-15-39(16-4-1)49(41-25-19-33-11-7-9-13-37(33)31-41)45-29-23-35-22-28-44-46(30-24-36-21-27-43(45)47(35)48(36)44)50(40-17-5-2-6-18-40)42-26-20-34-12-8-10-14-38(34)32-42/h1-32,47-48H. The second kappa shape index (κ2) is 11.6. The van der Waals surface area contributed by atoms with Crippen LogP contribution in [0.2, 0.25) is 0 Å². The monoisotopic (exact) mass is 638 g/mol. The maximum atomic E-state index is 2.44. The maximum absolute atomic E-state index is 2.44. The molecule has 0 spiro atoms. The molecule has 2 nitrogen and oxygen atoms in total. The van der Waals surface area contributed by atoms with Crippen LogP contribution in [0, 0.1) is 11.8 Å². The van der Waals surface area contributed by atoms with Gasteiger partial charge in [0.05, 0.1) is 0 Å². The third kappa shape index (κ3) is 4.64. The van der Waals surface area contributed by atoms with Crippen molar-refractivity contribution in [3.8, 4) is 0 Å². The Morgan fingerprint density at radius 1 is 0.360 bits per heavy atom. The van der Waals surface area contributed by atoms with Crippen molar-refractivity contribution in [3.05, 3.63) is 228 Å². The highest BCUT2D eigenvalue weighted by molar-refractivity contribution is 5.90. The van der Waals surface area contributed by atoms with E-state index in [0.717, 1.165) is 22.7 Å². The number of nitrogens with zero attached hydrogens (tertiary/aromatic N) is 2. The number of para-hydroxylation sites is 2. The van der Waals surface area contributed by atoms with Gasteiger partial charge >= 0.3 is 0 Å². The van der Waals surface area contributed by atoms with Crippen LogP contribution in [0.15, 0.2) is 228 Å². The van der Waals surface area contributed by atoms with Gasteiger partial charge in [-0.3, -0.25) is 0 Å². The average molecular weight is 639 g/mol. The molecule has 0 amide bonds. The fourth-order valence-electron chi connectivity index (χ4n) is 8.29. The van der Waals surface area contributed by atoms with Crippen molar-refractivity contribution in [1.82, 2.24) is 0 Å². The van der Waals surface area contributed by atoms with Crippen LogP contribution >= 0.6 is 0 Å². The van der Waals surface area contributed by atoms with Crippen molar-refractivity contribution in [3.63, 3.8) is 0 Å². The van der Waals surface area contributed by atoms with E-state index in [0.29, 0.717) is 0 Å². The minimum absolute atomic E-state index is 0.204. The zero-order chi connectivity index (χ0) is 33.0. The lowest BCUT2D eigenvalue weighted by Crippen LogP contribution is -2.35. The predicted molar refractivity (Wildman–Crippen MR) is 210 cm³/mol. The van der Waals surface area contributed by atoms with E-state index < -0.39 is 0 Å². The first-order chi connectivity index (χ1) is 24.8. The zero-order valence-corrected chi connectivity index (χ0v) is 27.5. The summed E-state index contributed by atoms with van der Waals surface area (Å²) >= 11 is 0. The lowest BCUT2D eigenvalue weighted by Gasteiger charge is -2.45. The van der Waals surface area contributed by atoms with Gasteiger partial charge in [-0.15, -0.1) is 0 Å². The highest BCUT2D eigenvalue weighted by atomic mass is 15.2. The summed E-state index contributed by atoms with van der Waals surface area (Å²) in [4.78, 5) is 4.88. The van der Waals surface area contributed by atoms with Crippen LogP contribution in [0.3, 0.4) is 0 Å². The number of benzene rings is 6. The second-order valence-electron chi connectivity index (χ2n) is 13.4. The van der Waals surface area contributed by atoms with E-state index in [4.69, 9.17) is 0 Å². The molecule has 50 heavy (non-hydrogen) atoms. The lowest BCUT2D eigenvalue weighted by atomic mass is 9.63. The molecule has 4 aliphatic carbocycles. The third-order valence-corrected chi connectivity index (χ3v) is 10.6. The number of fused-ring (bicyclic) bond motifs is 2. The van der Waals surface area contributed by atoms with Crippen molar-refractivity contribution >= 4 is 44.3 Å². The summed E-state index contributed by atoms with van der Waals surface area (Å²) in [5.74, 6) is 0.409. The molecule has 0 radical (unpaired) electrons. The van der Waals surface area contributed by atoms with Gasteiger partial charge in [-0.1, -0.05) is 134 Å². The van der Waals surface area contributed by atoms with Gasteiger partial charge in [-0.05, 0) is 105 Å². The van der Waals surface area contributed by atoms with E-state index in [1.165, 1.54) is 55.2 Å². The molecule has 0 saturated heterocycles. The van der Waals surface area contributed by atoms with Gasteiger partial charge in [0, 0.05) is 46.0 Å². The molecule has 10 rings (SSSR count). The molecule has 0 saturated carbocycles. The summed E-state index contributed by atoms with van der Waals surface area (Å²) in [5, 5.41) is 4.97. The summed E-state index contributed by atoms with van der Waals surface area (Å²) < 4.78 is 0. The van der Waals surface area contributed by atoms with Gasteiger partial charge in [0.2, 0.25) is 0 Å². The Balaban J connectivity index is 1.12. The summed E-state index contributed by atoms with van der Waals surface area (Å²) in [6.07, 6.45) is 18.8. The fourth-order valence-corrected chi connectivity index (χ4v) is 8.29. The van der Waals surface area contributed by atoms with E-state index >= 15 is 0 Å². The normalized spacial score (nSPS) is 18.6. The van der Waals surface area contributed by atoms with Crippen molar-refractivity contribution in [2.45, 2.75) is 0 Å². The highest BCUT2D eigenvalue weighted by Gasteiger charge is 2.42. The van der Waals surface area contributed by atoms with E-state index in [9.17, 15) is 0 Å². The fraction of sp³-hybridized carbons (Fsp3) is 0.0417. The van der Waals surface area contributed by atoms with E-state index in [-0.39, 0.29) is 11.8 Å². The first kappa shape index (κ1) is 28.6. The highest BCUT2D eigenvalue weighted by Crippen LogP contribution is 2.54. The molecule has 0 aliphatic heterocycles. The summed E-state index contributed by atoms with van der Waals surface area (Å²) in [7, 11) is 0. The molecule has 2 atom stereocenters. The first-order valence-corrected chi connectivity index (χ1v) is 17.4. The van der Waals surface area contributed by atoms with Gasteiger partial charge in [-0.2, -0.15) is 0 Å². The van der Waals surface area contributed by atoms with Crippen LogP contribution in [0.25, 0.3) is 21.5 Å². The first-order valence-electron chi connectivity index (χ1n) is 17.4. The van der Waals surface area contributed by atoms with Crippen molar-refractivity contribution in [2.24, 2.45) is 11.8 Å². The van der Waals surface area contributed by atoms with Crippen LogP contribution in [-0.2, 0) is 0 Å². The zero-order valence-electron chi connectivity index (χ0n) is 27.5. The molecule has 4 aliphatic rings. The number of hydrogen-bond donors (Lipinski definition) is 0. The van der Waals surface area contributed by atoms with Crippen LogP contribution in [0.4, 0.5) is 22.7 Å². The molecule has 236 valence electrons. The molecule has 6 aromatic carbocycles. The molecule has 0 fully saturated rings. The van der Waals surface area contributed by atoms with Crippen molar-refractivity contribution < 1.29 is 0 Å².